The molecule has 8 heteroatoms. The number of aromatic carboxylic acids is 1. The fourth-order valence-corrected chi connectivity index (χ4v) is 2.16. The molecule has 0 aliphatic carbocycles. The highest BCUT2D eigenvalue weighted by atomic mass is 16.6. The quantitative estimate of drug-likeness (QED) is 0.888. The normalized spacial score (nSPS) is 11.4. The molecule has 0 aliphatic rings. The van der Waals surface area contributed by atoms with Crippen LogP contribution >= 0.6 is 0 Å². The molecule has 0 saturated carbocycles. The van der Waals surface area contributed by atoms with E-state index in [0.29, 0.717) is 22.8 Å². The minimum Gasteiger partial charge on any atom is -0.475 e. The third-order valence-electron chi connectivity index (χ3n) is 3.19. The molecule has 0 radical (unpaired) electrons. The summed E-state index contributed by atoms with van der Waals surface area (Å²) < 4.78 is 12.1. The summed E-state index contributed by atoms with van der Waals surface area (Å²) in [5.41, 5.74) is 1.31. The number of furan rings is 1. The van der Waals surface area contributed by atoms with Gasteiger partial charge in [0, 0.05) is 0 Å². The fourth-order valence-electron chi connectivity index (χ4n) is 2.16. The molecule has 0 spiro atoms. The Morgan fingerprint density at radius 3 is 2.54 bits per heavy atom. The lowest BCUT2D eigenvalue weighted by Crippen LogP contribution is -2.27. The van der Waals surface area contributed by atoms with Crippen LogP contribution in [0.4, 0.5) is 10.5 Å². The van der Waals surface area contributed by atoms with E-state index in [4.69, 9.17) is 14.3 Å². The van der Waals surface area contributed by atoms with E-state index >= 15 is 0 Å². The SMILES string of the molecule is Cc1nn(Cc2ccc(C(=O)O)o2)c(C)c1NC(=O)OC(C)(C)C. The highest BCUT2D eigenvalue weighted by molar-refractivity contribution is 5.86. The largest absolute Gasteiger partial charge is 0.475 e. The number of hydrogen-bond acceptors (Lipinski definition) is 5. The van der Waals surface area contributed by atoms with Gasteiger partial charge in [0.1, 0.15) is 11.4 Å². The molecule has 2 rings (SSSR count). The maximum absolute atomic E-state index is 11.9. The smallest absolute Gasteiger partial charge is 0.412 e. The van der Waals surface area contributed by atoms with Gasteiger partial charge in [-0.3, -0.25) is 10.00 Å². The van der Waals surface area contributed by atoms with Gasteiger partial charge in [0.25, 0.3) is 0 Å². The van der Waals surface area contributed by atoms with Crippen LogP contribution in [0.2, 0.25) is 0 Å². The molecule has 2 aromatic rings. The highest BCUT2D eigenvalue weighted by Crippen LogP contribution is 2.22. The third-order valence-corrected chi connectivity index (χ3v) is 3.19. The van der Waals surface area contributed by atoms with E-state index in [9.17, 15) is 9.59 Å². The molecule has 0 bridgehead atoms. The van der Waals surface area contributed by atoms with Crippen LogP contribution in [-0.2, 0) is 11.3 Å². The number of carboxylic acids is 1. The molecule has 1 amide bonds. The zero-order valence-corrected chi connectivity index (χ0v) is 14.3. The second kappa shape index (κ2) is 6.38. The molecule has 0 unspecified atom stereocenters. The second-order valence-electron chi connectivity index (χ2n) is 6.40. The molecule has 0 saturated heterocycles. The van der Waals surface area contributed by atoms with Crippen LogP contribution in [0, 0.1) is 13.8 Å². The Hall–Kier alpha value is -2.77. The van der Waals surface area contributed by atoms with E-state index in [2.05, 4.69) is 10.4 Å². The average Bonchev–Trinajstić information content (AvgIpc) is 2.98. The van der Waals surface area contributed by atoms with E-state index in [-0.39, 0.29) is 12.3 Å². The molecular weight excluding hydrogens is 314 g/mol. The maximum atomic E-state index is 11.9. The summed E-state index contributed by atoms with van der Waals surface area (Å²) in [5, 5.41) is 15.9. The predicted octanol–water partition coefficient (Wildman–Crippen LogP) is 3.19. The molecule has 2 aromatic heterocycles. The van der Waals surface area contributed by atoms with Crippen molar-refractivity contribution in [2.45, 2.75) is 46.8 Å². The lowest BCUT2D eigenvalue weighted by Gasteiger charge is -2.19. The minimum absolute atomic E-state index is 0.126. The molecule has 0 aromatic carbocycles. The number of carbonyl (C=O) groups is 2. The molecule has 0 fully saturated rings. The lowest BCUT2D eigenvalue weighted by atomic mass is 10.2. The van der Waals surface area contributed by atoms with Crippen molar-refractivity contribution < 1.29 is 23.8 Å². The number of ether oxygens (including phenoxy) is 1. The van der Waals surface area contributed by atoms with Crippen molar-refractivity contribution in [2.24, 2.45) is 0 Å². The monoisotopic (exact) mass is 335 g/mol. The van der Waals surface area contributed by atoms with E-state index in [1.807, 2.05) is 0 Å². The molecule has 2 heterocycles. The van der Waals surface area contributed by atoms with Gasteiger partial charge in [-0.25, -0.2) is 9.59 Å². The van der Waals surface area contributed by atoms with Crippen molar-refractivity contribution in [1.82, 2.24) is 9.78 Å². The number of carbonyl (C=O) groups excluding carboxylic acids is 1. The number of aromatic nitrogens is 2. The molecule has 130 valence electrons. The number of nitrogens with one attached hydrogen (secondary N) is 1. The first kappa shape index (κ1) is 17.6. The first-order chi connectivity index (χ1) is 11.1. The molecule has 0 atom stereocenters. The first-order valence-corrected chi connectivity index (χ1v) is 7.43. The Labute approximate surface area is 139 Å². The summed E-state index contributed by atoms with van der Waals surface area (Å²) in [5.74, 6) is -0.789. The maximum Gasteiger partial charge on any atom is 0.412 e. The van der Waals surface area contributed by atoms with Gasteiger partial charge in [-0.05, 0) is 46.8 Å². The number of nitrogens with zero attached hydrogens (tertiary/aromatic N) is 2. The van der Waals surface area contributed by atoms with Crippen molar-refractivity contribution in [2.75, 3.05) is 5.32 Å². The summed E-state index contributed by atoms with van der Waals surface area (Å²) >= 11 is 0. The molecular formula is C16H21N3O5. The van der Waals surface area contributed by atoms with E-state index in [0.717, 1.165) is 0 Å². The van der Waals surface area contributed by atoms with Gasteiger partial charge in [-0.2, -0.15) is 5.10 Å². The van der Waals surface area contributed by atoms with E-state index in [1.54, 1.807) is 45.4 Å². The fraction of sp³-hybridized carbons (Fsp3) is 0.438. The van der Waals surface area contributed by atoms with Crippen LogP contribution in [0.3, 0.4) is 0 Å². The van der Waals surface area contributed by atoms with Crippen molar-refractivity contribution >= 4 is 17.7 Å². The van der Waals surface area contributed by atoms with Gasteiger partial charge in [0.2, 0.25) is 5.76 Å². The summed E-state index contributed by atoms with van der Waals surface area (Å²) in [6.45, 7) is 9.18. The minimum atomic E-state index is -1.12. The van der Waals surface area contributed by atoms with Crippen LogP contribution in [-0.4, -0.2) is 32.6 Å². The summed E-state index contributed by atoms with van der Waals surface area (Å²) in [6.07, 6.45) is -0.556. The Kier molecular flexibility index (Phi) is 4.68. The molecule has 24 heavy (non-hydrogen) atoms. The summed E-state index contributed by atoms with van der Waals surface area (Å²) in [6, 6.07) is 2.98. The molecule has 0 aliphatic heterocycles. The average molecular weight is 335 g/mol. The third kappa shape index (κ3) is 4.15. The van der Waals surface area contributed by atoms with Crippen LogP contribution in [0.1, 0.15) is 48.5 Å². The number of carboxylic acid groups (broad SMARTS) is 1. The Morgan fingerprint density at radius 1 is 1.33 bits per heavy atom. The zero-order valence-electron chi connectivity index (χ0n) is 14.3. The number of aryl methyl sites for hydroxylation is 1. The Bertz CT molecular complexity index is 767. The highest BCUT2D eigenvalue weighted by Gasteiger charge is 2.20. The van der Waals surface area contributed by atoms with Crippen LogP contribution < -0.4 is 5.32 Å². The van der Waals surface area contributed by atoms with Crippen molar-refractivity contribution in [3.8, 4) is 0 Å². The van der Waals surface area contributed by atoms with E-state index in [1.165, 1.54) is 6.07 Å². The van der Waals surface area contributed by atoms with Crippen molar-refractivity contribution in [3.63, 3.8) is 0 Å². The van der Waals surface area contributed by atoms with Crippen LogP contribution in [0.5, 0.6) is 0 Å². The topological polar surface area (TPSA) is 107 Å². The van der Waals surface area contributed by atoms with Crippen molar-refractivity contribution in [1.29, 1.82) is 0 Å². The second-order valence-corrected chi connectivity index (χ2v) is 6.40. The Balaban J connectivity index is 2.16. The van der Waals surface area contributed by atoms with Gasteiger partial charge in [0.15, 0.2) is 0 Å². The van der Waals surface area contributed by atoms with Gasteiger partial charge < -0.3 is 14.3 Å². The van der Waals surface area contributed by atoms with Crippen LogP contribution in [0.25, 0.3) is 0 Å². The van der Waals surface area contributed by atoms with Gasteiger partial charge in [-0.1, -0.05) is 0 Å². The number of anilines is 1. The van der Waals surface area contributed by atoms with Crippen molar-refractivity contribution in [3.05, 3.63) is 35.0 Å². The predicted molar refractivity (Wildman–Crippen MR) is 86.3 cm³/mol. The summed E-state index contributed by atoms with van der Waals surface area (Å²) in [7, 11) is 0. The van der Waals surface area contributed by atoms with Gasteiger partial charge >= 0.3 is 12.1 Å². The van der Waals surface area contributed by atoms with E-state index < -0.39 is 17.7 Å². The first-order valence-electron chi connectivity index (χ1n) is 7.43. The van der Waals surface area contributed by atoms with Gasteiger partial charge in [0.05, 0.1) is 23.6 Å². The lowest BCUT2D eigenvalue weighted by molar-refractivity contribution is 0.0631. The zero-order chi connectivity index (χ0) is 18.1. The number of rotatable bonds is 4. The number of amides is 1. The molecule has 2 N–H and O–H groups in total. The Morgan fingerprint density at radius 2 is 2.00 bits per heavy atom. The molecule has 8 nitrogen and oxygen atoms in total. The van der Waals surface area contributed by atoms with Crippen LogP contribution in [0.15, 0.2) is 16.5 Å². The summed E-state index contributed by atoms with van der Waals surface area (Å²) in [4.78, 5) is 22.8. The number of hydrogen-bond donors (Lipinski definition) is 2. The van der Waals surface area contributed by atoms with Gasteiger partial charge in [-0.15, -0.1) is 0 Å². The standard InChI is InChI=1S/C16H21N3O5/c1-9-13(17-15(22)24-16(3,4)5)10(2)19(18-9)8-11-6-7-12(23-11)14(20)21/h6-7H,8H2,1-5H3,(H,17,22)(H,20,21).